The van der Waals surface area contributed by atoms with Crippen molar-refractivity contribution in [3.63, 3.8) is 0 Å². The first-order valence-corrected chi connectivity index (χ1v) is 10.1. The van der Waals surface area contributed by atoms with Crippen LogP contribution in [0.25, 0.3) is 0 Å². The van der Waals surface area contributed by atoms with E-state index in [0.717, 1.165) is 41.9 Å². The van der Waals surface area contributed by atoms with E-state index in [1.807, 2.05) is 30.5 Å². The molecule has 1 fully saturated rings. The van der Waals surface area contributed by atoms with Crippen LogP contribution in [0.5, 0.6) is 11.5 Å². The summed E-state index contributed by atoms with van der Waals surface area (Å²) in [5.74, 6) is 3.26. The maximum Gasteiger partial charge on any atom is 0.191 e. The number of rotatable bonds is 7. The molecule has 1 saturated heterocycles. The minimum atomic E-state index is 0. The van der Waals surface area contributed by atoms with Crippen LogP contribution in [0.3, 0.4) is 0 Å². The number of ether oxygens (including phenoxy) is 2. The van der Waals surface area contributed by atoms with Gasteiger partial charge in [-0.1, -0.05) is 6.07 Å². The lowest BCUT2D eigenvalue weighted by atomic mass is 10.1. The number of hydrogen-bond acceptors (Lipinski definition) is 5. The lowest BCUT2D eigenvalue weighted by Crippen LogP contribution is -2.36. The predicted octanol–water partition coefficient (Wildman–Crippen LogP) is 3.57. The molecule has 1 aliphatic rings. The molecule has 3 rings (SSSR count). The molecule has 0 spiro atoms. The second-order valence-electron chi connectivity index (χ2n) is 7.04. The molecule has 30 heavy (non-hydrogen) atoms. The van der Waals surface area contributed by atoms with E-state index in [1.165, 1.54) is 24.8 Å². The van der Waals surface area contributed by atoms with Crippen LogP contribution < -0.4 is 25.0 Å². The Hall–Kier alpha value is -2.23. The average Bonchev–Trinajstić information content (AvgIpc) is 2.79. The van der Waals surface area contributed by atoms with Crippen LogP contribution >= 0.6 is 24.0 Å². The average molecular weight is 525 g/mol. The Labute approximate surface area is 196 Å². The summed E-state index contributed by atoms with van der Waals surface area (Å²) in [6.07, 6.45) is 5.70. The van der Waals surface area contributed by atoms with Gasteiger partial charge in [0, 0.05) is 39.4 Å². The highest BCUT2D eigenvalue weighted by molar-refractivity contribution is 14.0. The Morgan fingerprint density at radius 3 is 2.27 bits per heavy atom. The normalized spacial score (nSPS) is 14.0. The summed E-state index contributed by atoms with van der Waals surface area (Å²) >= 11 is 0. The summed E-state index contributed by atoms with van der Waals surface area (Å²) in [6, 6.07) is 10.1. The molecule has 0 saturated carbocycles. The Morgan fingerprint density at radius 1 is 0.967 bits per heavy atom. The van der Waals surface area contributed by atoms with Gasteiger partial charge in [-0.2, -0.15) is 0 Å². The van der Waals surface area contributed by atoms with Crippen LogP contribution in [0, 0.1) is 0 Å². The molecular weight excluding hydrogens is 493 g/mol. The number of hydrogen-bond donors (Lipinski definition) is 2. The first-order chi connectivity index (χ1) is 14.2. The number of pyridine rings is 1. The number of piperidine rings is 1. The van der Waals surface area contributed by atoms with Gasteiger partial charge in [-0.15, -0.1) is 24.0 Å². The van der Waals surface area contributed by atoms with E-state index in [4.69, 9.17) is 9.47 Å². The molecule has 1 aliphatic heterocycles. The van der Waals surface area contributed by atoms with E-state index in [0.29, 0.717) is 13.1 Å². The number of anilines is 1. The Morgan fingerprint density at radius 2 is 1.63 bits per heavy atom. The number of methoxy groups -OCH3 is 2. The lowest BCUT2D eigenvalue weighted by molar-refractivity contribution is 0.354. The first kappa shape index (κ1) is 24.0. The molecule has 0 aliphatic carbocycles. The minimum absolute atomic E-state index is 0. The zero-order valence-corrected chi connectivity index (χ0v) is 20.3. The Balaban J connectivity index is 0.00000320. The quantitative estimate of drug-likeness (QED) is 0.327. The van der Waals surface area contributed by atoms with E-state index in [1.54, 1.807) is 21.3 Å². The monoisotopic (exact) mass is 525 g/mol. The van der Waals surface area contributed by atoms with Crippen molar-refractivity contribution in [3.05, 3.63) is 47.7 Å². The number of aliphatic imine (C=N–C) groups is 1. The van der Waals surface area contributed by atoms with Gasteiger partial charge < -0.3 is 25.0 Å². The van der Waals surface area contributed by atoms with Crippen LogP contribution in [0.15, 0.2) is 41.5 Å². The van der Waals surface area contributed by atoms with Gasteiger partial charge in [0.1, 0.15) is 5.82 Å². The van der Waals surface area contributed by atoms with E-state index in [2.05, 4.69) is 31.6 Å². The van der Waals surface area contributed by atoms with E-state index < -0.39 is 0 Å². The van der Waals surface area contributed by atoms with Crippen molar-refractivity contribution in [1.82, 2.24) is 15.6 Å². The van der Waals surface area contributed by atoms with Crippen LogP contribution in [0.1, 0.15) is 30.4 Å². The molecule has 7 nitrogen and oxygen atoms in total. The van der Waals surface area contributed by atoms with Crippen LogP contribution in [0.4, 0.5) is 5.82 Å². The van der Waals surface area contributed by atoms with Gasteiger partial charge in [-0.05, 0) is 54.7 Å². The number of nitrogens with one attached hydrogen (secondary N) is 2. The molecule has 0 unspecified atom stereocenters. The summed E-state index contributed by atoms with van der Waals surface area (Å²) < 4.78 is 10.7. The van der Waals surface area contributed by atoms with E-state index >= 15 is 0 Å². The third-order valence-corrected chi connectivity index (χ3v) is 5.08. The van der Waals surface area contributed by atoms with Crippen LogP contribution in [0.2, 0.25) is 0 Å². The summed E-state index contributed by atoms with van der Waals surface area (Å²) in [5, 5.41) is 6.71. The summed E-state index contributed by atoms with van der Waals surface area (Å²) in [7, 11) is 5.05. The molecule has 2 aromatic rings. The molecule has 2 N–H and O–H groups in total. The molecule has 0 amide bonds. The van der Waals surface area contributed by atoms with Crippen molar-refractivity contribution >= 4 is 35.8 Å². The van der Waals surface area contributed by atoms with E-state index in [9.17, 15) is 0 Å². The fourth-order valence-electron chi connectivity index (χ4n) is 3.45. The fourth-order valence-corrected chi connectivity index (χ4v) is 3.45. The largest absolute Gasteiger partial charge is 0.493 e. The van der Waals surface area contributed by atoms with E-state index in [-0.39, 0.29) is 24.0 Å². The lowest BCUT2D eigenvalue weighted by Gasteiger charge is -2.28. The van der Waals surface area contributed by atoms with Crippen LogP contribution in [-0.4, -0.2) is 45.3 Å². The van der Waals surface area contributed by atoms with Crippen LogP contribution in [-0.2, 0) is 13.1 Å². The van der Waals surface area contributed by atoms with Crippen molar-refractivity contribution in [3.8, 4) is 11.5 Å². The van der Waals surface area contributed by atoms with Crippen molar-refractivity contribution in [2.75, 3.05) is 39.3 Å². The van der Waals surface area contributed by atoms with Gasteiger partial charge in [-0.3, -0.25) is 4.99 Å². The summed E-state index contributed by atoms with van der Waals surface area (Å²) in [6.45, 7) is 3.52. The highest BCUT2D eigenvalue weighted by atomic mass is 127. The molecule has 0 radical (unpaired) electrons. The SMILES string of the molecule is CN=C(NCc1ccnc(N2CCCCC2)c1)NCc1ccc(OC)c(OC)c1.I. The minimum Gasteiger partial charge on any atom is -0.493 e. The Kier molecular flexibility index (Phi) is 9.99. The van der Waals surface area contributed by atoms with Crippen molar-refractivity contribution in [2.45, 2.75) is 32.4 Å². The molecule has 164 valence electrons. The maximum atomic E-state index is 5.37. The maximum absolute atomic E-state index is 5.37. The van der Waals surface area contributed by atoms with Gasteiger partial charge in [0.15, 0.2) is 17.5 Å². The number of guanidine groups is 1. The Bertz CT molecular complexity index is 825. The van der Waals surface area contributed by atoms with Gasteiger partial charge in [-0.25, -0.2) is 4.98 Å². The zero-order valence-electron chi connectivity index (χ0n) is 18.0. The molecule has 8 heteroatoms. The van der Waals surface area contributed by atoms with Gasteiger partial charge in [0.05, 0.1) is 14.2 Å². The molecule has 0 bridgehead atoms. The standard InChI is InChI=1S/C22H31N5O2.HI/c1-23-22(25-15-17-7-8-19(28-2)20(13-17)29-3)26-16-18-9-10-24-21(14-18)27-11-5-4-6-12-27;/h7-10,13-14H,4-6,11-12,15-16H2,1-3H3,(H2,23,25,26);1H. The third kappa shape index (κ3) is 6.65. The fraction of sp³-hybridized carbons (Fsp3) is 0.455. The third-order valence-electron chi connectivity index (χ3n) is 5.08. The van der Waals surface area contributed by atoms with Crippen molar-refractivity contribution in [1.29, 1.82) is 0 Å². The second kappa shape index (κ2) is 12.5. The molecule has 2 heterocycles. The smallest absolute Gasteiger partial charge is 0.191 e. The van der Waals surface area contributed by atoms with Gasteiger partial charge in [0.25, 0.3) is 0 Å². The molecular formula is C22H32IN5O2. The predicted molar refractivity (Wildman–Crippen MR) is 132 cm³/mol. The van der Waals surface area contributed by atoms with Crippen molar-refractivity contribution in [2.24, 2.45) is 4.99 Å². The number of aromatic nitrogens is 1. The number of nitrogens with zero attached hydrogens (tertiary/aromatic N) is 3. The summed E-state index contributed by atoms with van der Waals surface area (Å²) in [4.78, 5) is 11.2. The number of halogens is 1. The molecule has 0 atom stereocenters. The summed E-state index contributed by atoms with van der Waals surface area (Å²) in [5.41, 5.74) is 2.27. The topological polar surface area (TPSA) is 71.0 Å². The molecule has 1 aromatic carbocycles. The highest BCUT2D eigenvalue weighted by Crippen LogP contribution is 2.27. The second-order valence-corrected chi connectivity index (χ2v) is 7.04. The molecule has 1 aromatic heterocycles. The zero-order chi connectivity index (χ0) is 20.5. The highest BCUT2D eigenvalue weighted by Gasteiger charge is 2.12. The van der Waals surface area contributed by atoms with Crippen molar-refractivity contribution < 1.29 is 9.47 Å². The van der Waals surface area contributed by atoms with Gasteiger partial charge >= 0.3 is 0 Å². The number of benzene rings is 1. The van der Waals surface area contributed by atoms with Gasteiger partial charge in [0.2, 0.25) is 0 Å². The first-order valence-electron chi connectivity index (χ1n) is 10.1.